The molecular weight excluding hydrogens is 629 g/mol. The molecule has 0 spiro atoms. The van der Waals surface area contributed by atoms with Gasteiger partial charge in [0.1, 0.15) is 0 Å². The van der Waals surface area contributed by atoms with Crippen LogP contribution in [0.5, 0.6) is 0 Å². The van der Waals surface area contributed by atoms with Crippen molar-refractivity contribution in [1.82, 2.24) is 24.6 Å². The predicted octanol–water partition coefficient (Wildman–Crippen LogP) is 7.13. The molecule has 2 aromatic carbocycles. The summed E-state index contributed by atoms with van der Waals surface area (Å²) in [6.45, 7) is 7.59. The average Bonchev–Trinajstić information content (AvgIpc) is 3.67. The van der Waals surface area contributed by atoms with Crippen LogP contribution in [0.3, 0.4) is 0 Å². The Balaban J connectivity index is 0.982. The van der Waals surface area contributed by atoms with Gasteiger partial charge in [-0.25, -0.2) is 4.98 Å². The van der Waals surface area contributed by atoms with E-state index in [-0.39, 0.29) is 11.8 Å². The van der Waals surface area contributed by atoms with Crippen LogP contribution in [-0.2, 0) is 4.79 Å². The van der Waals surface area contributed by atoms with Crippen molar-refractivity contribution < 1.29 is 9.59 Å². The number of halogens is 2. The largest absolute Gasteiger partial charge is 0.342 e. The molecule has 0 aliphatic carbocycles. The van der Waals surface area contributed by atoms with Gasteiger partial charge < -0.3 is 14.7 Å². The number of carbonyl (C=O) groups excluding carboxylic acids is 2. The van der Waals surface area contributed by atoms with Crippen LogP contribution in [0.1, 0.15) is 61.7 Å². The Labute approximate surface area is 288 Å². The van der Waals surface area contributed by atoms with Gasteiger partial charge >= 0.3 is 0 Å². The first-order valence-corrected chi connectivity index (χ1v) is 18.3. The Bertz CT molecular complexity index is 1480. The number of carbonyl (C=O) groups is 2. The van der Waals surface area contributed by atoms with Crippen molar-refractivity contribution in [3.8, 4) is 22.5 Å². The molecule has 0 unspecified atom stereocenters. The highest BCUT2D eigenvalue weighted by molar-refractivity contribution is 6.30. The number of amides is 2. The highest BCUT2D eigenvalue weighted by Crippen LogP contribution is 2.30. The second-order valence-corrected chi connectivity index (χ2v) is 14.7. The lowest BCUT2D eigenvalue weighted by Gasteiger charge is -2.43. The minimum Gasteiger partial charge on any atom is -0.342 e. The van der Waals surface area contributed by atoms with E-state index in [0.717, 1.165) is 87.2 Å². The van der Waals surface area contributed by atoms with Gasteiger partial charge in [0.15, 0.2) is 0 Å². The fraction of sp³-hybridized carbons (Fsp3) is 0.500. The Morgan fingerprint density at radius 3 is 1.64 bits per heavy atom. The number of hydrogen-bond donors (Lipinski definition) is 0. The summed E-state index contributed by atoms with van der Waals surface area (Å²) in [5.74, 6) is 0.495. The Hall–Kier alpha value is -2.97. The zero-order valence-corrected chi connectivity index (χ0v) is 28.6. The molecule has 4 fully saturated rings. The molecule has 4 aliphatic heterocycles. The molecule has 1 aromatic heterocycles. The Morgan fingerprint density at radius 2 is 1.09 bits per heavy atom. The van der Waals surface area contributed by atoms with Gasteiger partial charge in [0.2, 0.25) is 5.91 Å². The van der Waals surface area contributed by atoms with Gasteiger partial charge in [-0.1, -0.05) is 47.5 Å². The first-order valence-electron chi connectivity index (χ1n) is 17.5. The minimum absolute atomic E-state index is 0.0281. The summed E-state index contributed by atoms with van der Waals surface area (Å²) in [5, 5.41) is 1.31. The van der Waals surface area contributed by atoms with Gasteiger partial charge in [-0.15, -0.1) is 0 Å². The van der Waals surface area contributed by atoms with Gasteiger partial charge in [-0.05, 0) is 107 Å². The van der Waals surface area contributed by atoms with E-state index in [4.69, 9.17) is 28.2 Å². The number of likely N-dealkylation sites (tertiary alicyclic amines) is 4. The third-order valence-corrected chi connectivity index (χ3v) is 11.4. The van der Waals surface area contributed by atoms with E-state index in [1.807, 2.05) is 65.6 Å². The maximum Gasteiger partial charge on any atom is 0.254 e. The SMILES string of the molecule is O=C(c1cc(-c2ccc(Cl)cc2)nc(-c2ccc(Cl)cc2)c1)N1CCC(N2CCC[C@@H](C(=O)N3CCC(N4CCCC4)CC3)C2)CC1. The fourth-order valence-electron chi connectivity index (χ4n) is 8.16. The van der Waals surface area contributed by atoms with E-state index in [1.165, 1.54) is 25.9 Å². The van der Waals surface area contributed by atoms with Crippen LogP contribution in [0.4, 0.5) is 0 Å². The predicted molar refractivity (Wildman–Crippen MR) is 189 cm³/mol. The van der Waals surface area contributed by atoms with Crippen molar-refractivity contribution in [1.29, 1.82) is 0 Å². The first kappa shape index (κ1) is 32.6. The molecule has 7 rings (SSSR count). The highest BCUT2D eigenvalue weighted by Gasteiger charge is 2.36. The lowest BCUT2D eigenvalue weighted by atomic mass is 9.91. The van der Waals surface area contributed by atoms with Crippen molar-refractivity contribution in [3.63, 3.8) is 0 Å². The molecule has 9 heteroatoms. The van der Waals surface area contributed by atoms with Crippen LogP contribution in [0.25, 0.3) is 22.5 Å². The van der Waals surface area contributed by atoms with E-state index in [0.29, 0.717) is 46.7 Å². The maximum atomic E-state index is 14.0. The Kier molecular flexibility index (Phi) is 10.2. The van der Waals surface area contributed by atoms with E-state index in [9.17, 15) is 9.59 Å². The summed E-state index contributed by atoms with van der Waals surface area (Å²) < 4.78 is 0. The highest BCUT2D eigenvalue weighted by atomic mass is 35.5. The maximum absolute atomic E-state index is 14.0. The standard InChI is InChI=1S/C38H45Cl2N5O2/c39-31-9-5-27(6-10-31)35-24-30(25-36(41-35)28-7-11-32(40)12-8-28)38(47)44-22-15-34(16-23-44)45-19-3-4-29(26-45)37(46)43-20-13-33(14-21-43)42-17-1-2-18-42/h5-12,24-25,29,33-34H,1-4,13-23,26H2/t29-/m1/s1. The molecule has 0 radical (unpaired) electrons. The van der Waals surface area contributed by atoms with Gasteiger partial charge in [0.05, 0.1) is 17.3 Å². The summed E-state index contributed by atoms with van der Waals surface area (Å²) in [6, 6.07) is 20.0. The van der Waals surface area contributed by atoms with Gasteiger partial charge in [-0.3, -0.25) is 14.5 Å². The summed E-state index contributed by atoms with van der Waals surface area (Å²) in [5.41, 5.74) is 3.91. The summed E-state index contributed by atoms with van der Waals surface area (Å²) in [6.07, 6.45) is 8.79. The molecule has 2 amide bonds. The van der Waals surface area contributed by atoms with Gasteiger partial charge in [0, 0.05) is 71.5 Å². The number of rotatable bonds is 6. The lowest BCUT2D eigenvalue weighted by Crippen LogP contribution is -2.53. The molecule has 0 bridgehead atoms. The van der Waals surface area contributed by atoms with Crippen molar-refractivity contribution >= 4 is 35.0 Å². The van der Waals surface area contributed by atoms with Crippen LogP contribution in [0, 0.1) is 5.92 Å². The summed E-state index contributed by atoms with van der Waals surface area (Å²) in [4.78, 5) is 41.8. The number of hydrogen-bond acceptors (Lipinski definition) is 5. The second-order valence-electron chi connectivity index (χ2n) is 13.8. The summed E-state index contributed by atoms with van der Waals surface area (Å²) >= 11 is 12.3. The number of aromatic nitrogens is 1. The van der Waals surface area contributed by atoms with E-state index in [2.05, 4.69) is 14.7 Å². The molecule has 4 saturated heterocycles. The molecule has 0 saturated carbocycles. The van der Waals surface area contributed by atoms with E-state index < -0.39 is 0 Å². The van der Waals surface area contributed by atoms with Gasteiger partial charge in [-0.2, -0.15) is 0 Å². The third kappa shape index (κ3) is 7.54. The van der Waals surface area contributed by atoms with Crippen molar-refractivity contribution in [3.05, 3.63) is 76.3 Å². The molecule has 248 valence electrons. The summed E-state index contributed by atoms with van der Waals surface area (Å²) in [7, 11) is 0. The lowest BCUT2D eigenvalue weighted by molar-refractivity contribution is -0.139. The minimum atomic E-state index is 0.0281. The van der Waals surface area contributed by atoms with Crippen LogP contribution in [0.2, 0.25) is 10.0 Å². The molecule has 3 aromatic rings. The monoisotopic (exact) mass is 673 g/mol. The normalized spacial score (nSPS) is 22.1. The number of nitrogens with zero attached hydrogens (tertiary/aromatic N) is 5. The third-order valence-electron chi connectivity index (χ3n) is 10.9. The average molecular weight is 675 g/mol. The van der Waals surface area contributed by atoms with Crippen LogP contribution in [0.15, 0.2) is 60.7 Å². The zero-order chi connectivity index (χ0) is 32.3. The second kappa shape index (κ2) is 14.7. The molecule has 5 heterocycles. The molecule has 4 aliphatic rings. The Morgan fingerprint density at radius 1 is 0.596 bits per heavy atom. The van der Waals surface area contributed by atoms with Crippen molar-refractivity contribution in [2.24, 2.45) is 5.92 Å². The fourth-order valence-corrected chi connectivity index (χ4v) is 8.42. The van der Waals surface area contributed by atoms with Crippen LogP contribution in [-0.4, -0.2) is 101 Å². The number of piperidine rings is 3. The topological polar surface area (TPSA) is 60.0 Å². The number of pyridine rings is 1. The number of benzene rings is 2. The first-order chi connectivity index (χ1) is 22.9. The van der Waals surface area contributed by atoms with E-state index >= 15 is 0 Å². The quantitative estimate of drug-likeness (QED) is 0.279. The van der Waals surface area contributed by atoms with Crippen molar-refractivity contribution in [2.45, 2.75) is 63.5 Å². The van der Waals surface area contributed by atoms with Crippen LogP contribution < -0.4 is 0 Å². The van der Waals surface area contributed by atoms with E-state index in [1.54, 1.807) is 0 Å². The zero-order valence-electron chi connectivity index (χ0n) is 27.1. The molecule has 47 heavy (non-hydrogen) atoms. The molecule has 0 N–H and O–H groups in total. The van der Waals surface area contributed by atoms with Crippen LogP contribution >= 0.6 is 23.2 Å². The smallest absolute Gasteiger partial charge is 0.254 e. The van der Waals surface area contributed by atoms with Gasteiger partial charge in [0.25, 0.3) is 5.91 Å². The molecule has 1 atom stereocenters. The molecular formula is C38H45Cl2N5O2. The van der Waals surface area contributed by atoms with Crippen molar-refractivity contribution in [2.75, 3.05) is 52.4 Å². The molecule has 7 nitrogen and oxygen atoms in total.